The van der Waals surface area contributed by atoms with Crippen LogP contribution in [-0.2, 0) is 31.4 Å². The monoisotopic (exact) mass is 278 g/mol. The minimum Gasteiger partial charge on any atom is -0.453 e. The molecule has 0 fully saturated rings. The fourth-order valence-corrected chi connectivity index (χ4v) is 1.96. The van der Waals surface area contributed by atoms with E-state index in [2.05, 4.69) is 15.2 Å². The molecule has 2 heterocycles. The van der Waals surface area contributed by atoms with Crippen molar-refractivity contribution in [3.05, 3.63) is 23.5 Å². The first-order valence-electron chi connectivity index (χ1n) is 6.43. The van der Waals surface area contributed by atoms with E-state index in [1.54, 1.807) is 11.7 Å². The number of nitrogen functional groups attached to an aromatic ring is 1. The highest BCUT2D eigenvalue weighted by molar-refractivity contribution is 5.93. The van der Waals surface area contributed by atoms with Gasteiger partial charge in [0.1, 0.15) is 6.33 Å². The number of ether oxygens (including phenoxy) is 1. The molecule has 0 unspecified atom stereocenters. The molecule has 108 valence electrons. The third kappa shape index (κ3) is 2.49. The van der Waals surface area contributed by atoms with Gasteiger partial charge in [-0.2, -0.15) is 10.2 Å². The summed E-state index contributed by atoms with van der Waals surface area (Å²) in [5.41, 5.74) is 7.23. The molecule has 0 radical (unpaired) electrons. The van der Waals surface area contributed by atoms with Crippen LogP contribution in [0.15, 0.2) is 6.33 Å². The Morgan fingerprint density at radius 2 is 2.20 bits per heavy atom. The first-order valence-corrected chi connectivity index (χ1v) is 6.43. The number of esters is 1. The Bertz CT molecular complexity index is 615. The van der Waals surface area contributed by atoms with Crippen molar-refractivity contribution >= 4 is 11.7 Å². The Hall–Kier alpha value is -2.38. The van der Waals surface area contributed by atoms with Crippen LogP contribution in [0.2, 0.25) is 0 Å². The van der Waals surface area contributed by atoms with E-state index in [0.29, 0.717) is 30.2 Å². The van der Waals surface area contributed by atoms with Crippen LogP contribution in [0.25, 0.3) is 0 Å². The van der Waals surface area contributed by atoms with Crippen molar-refractivity contribution in [2.45, 2.75) is 33.4 Å². The number of hydrogen-bond acceptors (Lipinski definition) is 6. The number of anilines is 1. The van der Waals surface area contributed by atoms with E-state index in [4.69, 9.17) is 10.5 Å². The highest BCUT2D eigenvalue weighted by Gasteiger charge is 2.21. The molecule has 0 spiro atoms. The van der Waals surface area contributed by atoms with Gasteiger partial charge in [-0.15, -0.1) is 0 Å². The van der Waals surface area contributed by atoms with Gasteiger partial charge in [-0.05, 0) is 13.3 Å². The molecule has 0 saturated heterocycles. The molecule has 0 aromatic carbocycles. The summed E-state index contributed by atoms with van der Waals surface area (Å²) < 4.78 is 8.34. The van der Waals surface area contributed by atoms with Gasteiger partial charge in [-0.25, -0.2) is 14.5 Å². The Morgan fingerprint density at radius 1 is 1.45 bits per heavy atom. The zero-order valence-corrected chi connectivity index (χ0v) is 11.8. The second-order valence-corrected chi connectivity index (χ2v) is 4.25. The average Bonchev–Trinajstić information content (AvgIpc) is 3.00. The normalized spacial score (nSPS) is 10.8. The molecule has 0 amide bonds. The molecule has 2 aromatic heterocycles. The van der Waals surface area contributed by atoms with E-state index >= 15 is 0 Å². The summed E-state index contributed by atoms with van der Waals surface area (Å²) in [7, 11) is 1.67. The summed E-state index contributed by atoms with van der Waals surface area (Å²) in [5, 5.41) is 8.20. The van der Waals surface area contributed by atoms with E-state index in [1.165, 1.54) is 11.0 Å². The molecule has 2 rings (SSSR count). The zero-order chi connectivity index (χ0) is 14.7. The van der Waals surface area contributed by atoms with Crippen LogP contribution in [0, 0.1) is 0 Å². The summed E-state index contributed by atoms with van der Waals surface area (Å²) in [5.74, 6) is 0.0835. The van der Waals surface area contributed by atoms with Crippen LogP contribution in [0.3, 0.4) is 0 Å². The van der Waals surface area contributed by atoms with Gasteiger partial charge >= 0.3 is 5.97 Å². The Balaban J connectivity index is 2.11. The highest BCUT2D eigenvalue weighted by Crippen LogP contribution is 2.18. The molecule has 0 bridgehead atoms. The average molecular weight is 278 g/mol. The van der Waals surface area contributed by atoms with E-state index < -0.39 is 5.97 Å². The molecular formula is C12H18N6O2. The third-order valence-electron chi connectivity index (χ3n) is 3.02. The van der Waals surface area contributed by atoms with Crippen molar-refractivity contribution in [1.29, 1.82) is 0 Å². The predicted molar refractivity (Wildman–Crippen MR) is 71.8 cm³/mol. The standard InChI is InChI=1S/C12H18N6O2/c1-4-8-10(13)11(17(3)16-8)12(19)20-6-9-14-7-15-18(9)5-2/h7H,4-6,13H2,1-3H3. The second kappa shape index (κ2) is 5.72. The van der Waals surface area contributed by atoms with Gasteiger partial charge in [0.2, 0.25) is 0 Å². The lowest BCUT2D eigenvalue weighted by molar-refractivity contribution is 0.0445. The van der Waals surface area contributed by atoms with Gasteiger partial charge < -0.3 is 10.5 Å². The first-order chi connectivity index (χ1) is 9.58. The molecule has 0 aliphatic heterocycles. The zero-order valence-electron chi connectivity index (χ0n) is 11.8. The van der Waals surface area contributed by atoms with Crippen molar-refractivity contribution in [2.75, 3.05) is 5.73 Å². The Kier molecular flexibility index (Phi) is 4.02. The van der Waals surface area contributed by atoms with E-state index in [0.717, 1.165) is 0 Å². The van der Waals surface area contributed by atoms with Crippen LogP contribution in [0.4, 0.5) is 5.69 Å². The number of aromatic nitrogens is 5. The van der Waals surface area contributed by atoms with Gasteiger partial charge in [-0.3, -0.25) is 4.68 Å². The summed E-state index contributed by atoms with van der Waals surface area (Å²) in [6.07, 6.45) is 2.09. The molecule has 0 saturated carbocycles. The van der Waals surface area contributed by atoms with Gasteiger partial charge in [0.05, 0.1) is 11.4 Å². The lowest BCUT2D eigenvalue weighted by atomic mass is 10.2. The van der Waals surface area contributed by atoms with E-state index in [9.17, 15) is 4.79 Å². The quantitative estimate of drug-likeness (QED) is 0.801. The van der Waals surface area contributed by atoms with Gasteiger partial charge in [0, 0.05) is 13.6 Å². The van der Waals surface area contributed by atoms with Crippen molar-refractivity contribution in [2.24, 2.45) is 7.05 Å². The first kappa shape index (κ1) is 14.0. The van der Waals surface area contributed by atoms with Crippen LogP contribution in [-0.4, -0.2) is 30.5 Å². The topological polar surface area (TPSA) is 101 Å². The molecule has 0 aliphatic rings. The SMILES string of the molecule is CCc1nn(C)c(C(=O)OCc2ncnn2CC)c1N. The van der Waals surface area contributed by atoms with Crippen molar-refractivity contribution < 1.29 is 9.53 Å². The summed E-state index contributed by atoms with van der Waals surface area (Å²) in [6.45, 7) is 4.59. The van der Waals surface area contributed by atoms with Gasteiger partial charge in [0.15, 0.2) is 18.1 Å². The van der Waals surface area contributed by atoms with Crippen LogP contribution < -0.4 is 5.73 Å². The number of rotatable bonds is 5. The third-order valence-corrected chi connectivity index (χ3v) is 3.02. The molecule has 20 heavy (non-hydrogen) atoms. The van der Waals surface area contributed by atoms with Gasteiger partial charge in [0.25, 0.3) is 0 Å². The molecule has 2 N–H and O–H groups in total. The minimum atomic E-state index is -0.511. The van der Waals surface area contributed by atoms with Gasteiger partial charge in [-0.1, -0.05) is 6.92 Å². The van der Waals surface area contributed by atoms with Crippen molar-refractivity contribution in [3.8, 4) is 0 Å². The van der Waals surface area contributed by atoms with Crippen LogP contribution >= 0.6 is 0 Å². The number of hydrogen-bond donors (Lipinski definition) is 1. The summed E-state index contributed by atoms with van der Waals surface area (Å²) in [6, 6.07) is 0. The fourth-order valence-electron chi connectivity index (χ4n) is 1.96. The lowest BCUT2D eigenvalue weighted by Crippen LogP contribution is -2.14. The number of carbonyl (C=O) groups excluding carboxylic acids is 1. The van der Waals surface area contributed by atoms with Crippen LogP contribution in [0.5, 0.6) is 0 Å². The summed E-state index contributed by atoms with van der Waals surface area (Å²) >= 11 is 0. The molecular weight excluding hydrogens is 260 g/mol. The molecule has 8 nitrogen and oxygen atoms in total. The maximum absolute atomic E-state index is 12.1. The highest BCUT2D eigenvalue weighted by atomic mass is 16.5. The van der Waals surface area contributed by atoms with Crippen LogP contribution in [0.1, 0.15) is 35.9 Å². The molecule has 2 aromatic rings. The number of aryl methyl sites for hydroxylation is 3. The Labute approximate surface area is 116 Å². The fraction of sp³-hybridized carbons (Fsp3) is 0.500. The molecule has 0 atom stereocenters. The number of nitrogens with two attached hydrogens (primary N) is 1. The smallest absolute Gasteiger partial charge is 0.359 e. The maximum atomic E-state index is 12.1. The Morgan fingerprint density at radius 3 is 2.80 bits per heavy atom. The minimum absolute atomic E-state index is 0.0543. The molecule has 0 aliphatic carbocycles. The number of carbonyl (C=O) groups is 1. The predicted octanol–water partition coefficient (Wildman–Crippen LogP) is 0.533. The maximum Gasteiger partial charge on any atom is 0.359 e. The van der Waals surface area contributed by atoms with Crippen molar-refractivity contribution in [3.63, 3.8) is 0 Å². The van der Waals surface area contributed by atoms with Crippen molar-refractivity contribution in [1.82, 2.24) is 24.5 Å². The number of nitrogens with zero attached hydrogens (tertiary/aromatic N) is 5. The second-order valence-electron chi connectivity index (χ2n) is 4.25. The summed E-state index contributed by atoms with van der Waals surface area (Å²) in [4.78, 5) is 16.1. The largest absolute Gasteiger partial charge is 0.453 e. The lowest BCUT2D eigenvalue weighted by Gasteiger charge is -2.06. The van der Waals surface area contributed by atoms with E-state index in [1.807, 2.05) is 13.8 Å². The molecule has 8 heteroatoms. The van der Waals surface area contributed by atoms with E-state index in [-0.39, 0.29) is 12.3 Å².